The van der Waals surface area contributed by atoms with E-state index in [1.54, 1.807) is 0 Å². The van der Waals surface area contributed by atoms with Crippen molar-refractivity contribution in [2.45, 2.75) is 46.1 Å². The Bertz CT molecular complexity index is 1290. The second kappa shape index (κ2) is 10.7. The molecule has 0 aliphatic carbocycles. The van der Waals surface area contributed by atoms with Crippen LogP contribution in [-0.2, 0) is 17.8 Å². The molecule has 0 atom stereocenters. The number of amides is 1. The number of aryl methyl sites for hydroxylation is 2. The fraction of sp³-hybridized carbons (Fsp3) is 0.280. The van der Waals surface area contributed by atoms with Crippen LogP contribution in [0.1, 0.15) is 37.3 Å². The first kappa shape index (κ1) is 23.1. The molecule has 2 N–H and O–H groups in total. The molecule has 8 heteroatoms. The molecular weight excluding hydrogens is 450 g/mol. The Labute approximate surface area is 202 Å². The molecule has 4 aromatic rings. The van der Waals surface area contributed by atoms with E-state index in [-0.39, 0.29) is 12.3 Å². The molecule has 0 bridgehead atoms. The van der Waals surface area contributed by atoms with Gasteiger partial charge < -0.3 is 5.32 Å². The van der Waals surface area contributed by atoms with Crippen molar-refractivity contribution in [3.8, 4) is 22.6 Å². The second-order valence-corrected chi connectivity index (χ2v) is 9.25. The molecule has 6 nitrogen and oxygen atoms in total. The average molecular weight is 478 g/mol. The van der Waals surface area contributed by atoms with E-state index in [2.05, 4.69) is 57.8 Å². The zero-order chi connectivity index (χ0) is 23.2. The van der Waals surface area contributed by atoms with Crippen LogP contribution in [0.4, 0.5) is 5.13 Å². The summed E-state index contributed by atoms with van der Waals surface area (Å²) in [6.45, 7) is 4.67. The van der Waals surface area contributed by atoms with Crippen LogP contribution < -0.4 is 5.32 Å². The summed E-state index contributed by atoms with van der Waals surface area (Å²) in [5, 5.41) is 12.7. The van der Waals surface area contributed by atoms with Crippen LogP contribution in [0.25, 0.3) is 22.6 Å². The van der Waals surface area contributed by atoms with Gasteiger partial charge in [0.25, 0.3) is 0 Å². The van der Waals surface area contributed by atoms with Crippen LogP contribution in [0.5, 0.6) is 0 Å². The van der Waals surface area contributed by atoms with Gasteiger partial charge in [0.2, 0.25) is 5.91 Å². The van der Waals surface area contributed by atoms with E-state index in [1.807, 2.05) is 35.1 Å². The van der Waals surface area contributed by atoms with E-state index in [1.165, 1.54) is 29.7 Å². The number of benzene rings is 2. The molecular formula is C25H27N5OS2. The smallest absolute Gasteiger partial charge is 0.227 e. The normalized spacial score (nSPS) is 11.0. The number of hydrogen-bond acceptors (Lipinski definition) is 5. The zero-order valence-corrected chi connectivity index (χ0v) is 20.4. The van der Waals surface area contributed by atoms with Crippen LogP contribution in [0.15, 0.2) is 53.9 Å². The molecule has 2 aromatic carbocycles. The van der Waals surface area contributed by atoms with Crippen LogP contribution in [-0.4, -0.2) is 25.7 Å². The molecule has 33 heavy (non-hydrogen) atoms. The summed E-state index contributed by atoms with van der Waals surface area (Å²) in [7, 11) is 0. The topological polar surface area (TPSA) is 75.6 Å². The molecule has 0 unspecified atom stereocenters. The lowest BCUT2D eigenvalue weighted by atomic mass is 10.1. The van der Waals surface area contributed by atoms with Gasteiger partial charge in [-0.1, -0.05) is 61.4 Å². The zero-order valence-electron chi connectivity index (χ0n) is 18.8. The van der Waals surface area contributed by atoms with Crippen molar-refractivity contribution in [2.75, 3.05) is 5.32 Å². The third-order valence-corrected chi connectivity index (χ3v) is 6.49. The molecule has 0 aliphatic heterocycles. The molecule has 0 saturated heterocycles. The molecule has 170 valence electrons. The van der Waals surface area contributed by atoms with Crippen molar-refractivity contribution in [3.05, 3.63) is 69.8 Å². The van der Waals surface area contributed by atoms with E-state index >= 15 is 0 Å². The first-order valence-electron chi connectivity index (χ1n) is 11.1. The molecule has 1 amide bonds. The molecule has 4 rings (SSSR count). The van der Waals surface area contributed by atoms with E-state index in [4.69, 9.17) is 12.2 Å². The number of aromatic amines is 1. The number of unbranched alkanes of at least 4 members (excludes halogenated alkanes) is 1. The average Bonchev–Trinajstić information content (AvgIpc) is 3.43. The summed E-state index contributed by atoms with van der Waals surface area (Å²) in [6, 6.07) is 16.6. The molecule has 0 saturated carbocycles. The highest BCUT2D eigenvalue weighted by Gasteiger charge is 2.12. The van der Waals surface area contributed by atoms with E-state index in [0.717, 1.165) is 34.6 Å². The van der Waals surface area contributed by atoms with Crippen molar-refractivity contribution in [3.63, 3.8) is 0 Å². The lowest BCUT2D eigenvalue weighted by Crippen LogP contribution is -2.15. The minimum atomic E-state index is -0.107. The monoisotopic (exact) mass is 477 g/mol. The fourth-order valence-corrected chi connectivity index (χ4v) is 4.57. The molecule has 2 aromatic heterocycles. The highest BCUT2D eigenvalue weighted by Crippen LogP contribution is 2.26. The number of anilines is 1. The summed E-state index contributed by atoms with van der Waals surface area (Å²) in [5.41, 5.74) is 5.37. The van der Waals surface area contributed by atoms with Gasteiger partial charge in [0.05, 0.1) is 5.69 Å². The minimum Gasteiger partial charge on any atom is -0.302 e. The van der Waals surface area contributed by atoms with Gasteiger partial charge in [-0.15, -0.1) is 11.3 Å². The van der Waals surface area contributed by atoms with Crippen LogP contribution in [0.3, 0.4) is 0 Å². The summed E-state index contributed by atoms with van der Waals surface area (Å²) < 4.78 is 2.36. The maximum absolute atomic E-state index is 12.6. The number of aromatic nitrogens is 4. The van der Waals surface area contributed by atoms with Gasteiger partial charge >= 0.3 is 0 Å². The summed E-state index contributed by atoms with van der Waals surface area (Å²) in [4.78, 5) is 17.2. The Balaban J connectivity index is 1.37. The summed E-state index contributed by atoms with van der Waals surface area (Å²) >= 11 is 6.81. The first-order valence-corrected chi connectivity index (χ1v) is 12.4. The number of nitrogens with zero attached hydrogens (tertiary/aromatic N) is 3. The second-order valence-electron chi connectivity index (χ2n) is 8.01. The standard InChI is InChI=1S/C25H27N5OS2/c1-3-4-7-18-9-11-19(12-10-18)21-16-33-24(26-21)27-22(31)13-14-30-23(28-29-25(30)32)20-8-5-6-17(2)15-20/h5-6,8-12,15-16H,3-4,7,13-14H2,1-2H3,(H,29,32)(H,26,27,31). The highest BCUT2D eigenvalue weighted by atomic mass is 32.1. The van der Waals surface area contributed by atoms with Gasteiger partial charge in [0.15, 0.2) is 15.7 Å². The number of thiazole rings is 1. The van der Waals surface area contributed by atoms with Crippen LogP contribution in [0, 0.1) is 11.7 Å². The Morgan fingerprint density at radius 1 is 1.18 bits per heavy atom. The third-order valence-electron chi connectivity index (χ3n) is 5.42. The molecule has 0 aliphatic rings. The van der Waals surface area contributed by atoms with Crippen molar-refractivity contribution < 1.29 is 4.79 Å². The Morgan fingerprint density at radius 2 is 2.00 bits per heavy atom. The Kier molecular flexibility index (Phi) is 7.47. The van der Waals surface area contributed by atoms with E-state index in [9.17, 15) is 4.79 Å². The maximum atomic E-state index is 12.6. The number of rotatable bonds is 9. The van der Waals surface area contributed by atoms with Crippen LogP contribution >= 0.6 is 23.6 Å². The van der Waals surface area contributed by atoms with Crippen molar-refractivity contribution in [2.24, 2.45) is 0 Å². The number of carbonyl (C=O) groups excluding carboxylic acids is 1. The number of nitrogens with one attached hydrogen (secondary N) is 2. The van der Waals surface area contributed by atoms with Gasteiger partial charge in [-0.3, -0.25) is 14.5 Å². The maximum Gasteiger partial charge on any atom is 0.227 e. The van der Waals surface area contributed by atoms with E-state index in [0.29, 0.717) is 16.4 Å². The molecule has 0 fully saturated rings. The lowest BCUT2D eigenvalue weighted by Gasteiger charge is -2.07. The van der Waals surface area contributed by atoms with Crippen LogP contribution in [0.2, 0.25) is 0 Å². The number of H-pyrrole nitrogens is 1. The van der Waals surface area contributed by atoms with Gasteiger partial charge in [0.1, 0.15) is 0 Å². The fourth-order valence-electron chi connectivity index (χ4n) is 3.61. The molecule has 0 radical (unpaired) electrons. The quantitative estimate of drug-likeness (QED) is 0.273. The highest BCUT2D eigenvalue weighted by molar-refractivity contribution is 7.71. The van der Waals surface area contributed by atoms with Gasteiger partial charge in [-0.2, -0.15) is 5.10 Å². The summed E-state index contributed by atoms with van der Waals surface area (Å²) in [6.07, 6.45) is 3.76. The van der Waals surface area contributed by atoms with Gasteiger partial charge in [-0.25, -0.2) is 4.98 Å². The SMILES string of the molecule is CCCCc1ccc(-c2csc(NC(=O)CCn3c(-c4cccc(C)c4)n[nH]c3=S)n2)cc1. The number of carbonyl (C=O) groups is 1. The van der Waals surface area contributed by atoms with Gasteiger partial charge in [0, 0.05) is 29.5 Å². The van der Waals surface area contributed by atoms with E-state index < -0.39 is 0 Å². The molecule has 2 heterocycles. The van der Waals surface area contributed by atoms with Crippen molar-refractivity contribution >= 4 is 34.6 Å². The lowest BCUT2D eigenvalue weighted by molar-refractivity contribution is -0.116. The Morgan fingerprint density at radius 3 is 2.76 bits per heavy atom. The predicted octanol–water partition coefficient (Wildman–Crippen LogP) is 6.41. The Hall–Kier alpha value is -3.10. The first-order chi connectivity index (χ1) is 16.0. The third kappa shape index (κ3) is 5.83. The van der Waals surface area contributed by atoms with Crippen molar-refractivity contribution in [1.29, 1.82) is 0 Å². The summed E-state index contributed by atoms with van der Waals surface area (Å²) in [5.74, 6) is 0.625. The largest absolute Gasteiger partial charge is 0.302 e. The minimum absolute atomic E-state index is 0.107. The van der Waals surface area contributed by atoms with Gasteiger partial charge in [-0.05, 0) is 43.6 Å². The van der Waals surface area contributed by atoms with Crippen molar-refractivity contribution in [1.82, 2.24) is 19.7 Å². The number of hydrogen-bond donors (Lipinski definition) is 2. The molecule has 0 spiro atoms. The predicted molar refractivity (Wildman–Crippen MR) is 137 cm³/mol.